The summed E-state index contributed by atoms with van der Waals surface area (Å²) in [6.45, 7) is -0.221. The van der Waals surface area contributed by atoms with Crippen molar-refractivity contribution in [2.75, 3.05) is 24.6 Å². The Morgan fingerprint density at radius 2 is 1.69 bits per heavy atom. The molecule has 7 nitrogen and oxygen atoms in total. The van der Waals surface area contributed by atoms with Gasteiger partial charge in [-0.05, 0) is 30.9 Å². The van der Waals surface area contributed by atoms with Crippen LogP contribution in [0.25, 0.3) is 0 Å². The Kier molecular flexibility index (Phi) is 8.60. The van der Waals surface area contributed by atoms with Gasteiger partial charge in [-0.25, -0.2) is 13.8 Å². The summed E-state index contributed by atoms with van der Waals surface area (Å²) < 4.78 is 31.5. The summed E-state index contributed by atoms with van der Waals surface area (Å²) in [4.78, 5) is 25.3. The molecule has 1 aromatic rings. The maximum absolute atomic E-state index is 13.0. The Morgan fingerprint density at radius 1 is 1.17 bits per heavy atom. The van der Waals surface area contributed by atoms with Gasteiger partial charge in [-0.1, -0.05) is 38.5 Å². The average molecular weight is 412 g/mol. The minimum absolute atomic E-state index is 0.0758. The van der Waals surface area contributed by atoms with E-state index < -0.39 is 11.8 Å². The van der Waals surface area contributed by atoms with E-state index in [0.717, 1.165) is 12.8 Å². The highest BCUT2D eigenvalue weighted by molar-refractivity contribution is 5.91. The number of alkyl halides is 2. The van der Waals surface area contributed by atoms with Crippen molar-refractivity contribution in [2.45, 2.75) is 57.3 Å². The summed E-state index contributed by atoms with van der Waals surface area (Å²) in [5.74, 6) is -2.62. The van der Waals surface area contributed by atoms with E-state index >= 15 is 0 Å². The van der Waals surface area contributed by atoms with Crippen LogP contribution in [0.2, 0.25) is 0 Å². The molecule has 4 rings (SSSR count). The molecule has 0 unspecified atom stereocenters. The van der Waals surface area contributed by atoms with Crippen molar-refractivity contribution in [1.29, 1.82) is 0 Å². The second-order valence-electron chi connectivity index (χ2n) is 7.61. The van der Waals surface area contributed by atoms with E-state index in [1.807, 2.05) is 0 Å². The van der Waals surface area contributed by atoms with Crippen LogP contribution in [0.3, 0.4) is 0 Å². The number of rotatable bonds is 5. The number of nitrogens with zero attached hydrogens (tertiary/aromatic N) is 2. The highest BCUT2D eigenvalue weighted by Crippen LogP contribution is 2.37. The molecule has 2 saturated carbocycles. The van der Waals surface area contributed by atoms with E-state index in [0.29, 0.717) is 18.2 Å². The van der Waals surface area contributed by atoms with Crippen molar-refractivity contribution in [3.63, 3.8) is 0 Å². The first-order valence-corrected chi connectivity index (χ1v) is 10.1. The Bertz CT molecular complexity index is 660. The lowest BCUT2D eigenvalue weighted by Gasteiger charge is -2.40. The molecular formula is C20H30F2N4O3. The number of carbonyl (C=O) groups excluding carboxylic acids is 2. The molecule has 3 aliphatic rings. The van der Waals surface area contributed by atoms with Crippen molar-refractivity contribution in [2.24, 2.45) is 17.4 Å². The highest BCUT2D eigenvalue weighted by atomic mass is 19.3. The molecule has 0 bridgehead atoms. The van der Waals surface area contributed by atoms with E-state index in [4.69, 9.17) is 15.3 Å². The third-order valence-electron chi connectivity index (χ3n) is 4.93. The van der Waals surface area contributed by atoms with Gasteiger partial charge in [0.05, 0.1) is 19.7 Å². The van der Waals surface area contributed by atoms with Crippen LogP contribution < -0.4 is 21.1 Å². The third kappa shape index (κ3) is 7.83. The molecule has 29 heavy (non-hydrogen) atoms. The Balaban J connectivity index is 0.000000278. The number of aromatic nitrogens is 1. The van der Waals surface area contributed by atoms with Gasteiger partial charge in [0.1, 0.15) is 11.4 Å². The van der Waals surface area contributed by atoms with Crippen LogP contribution >= 0.6 is 0 Å². The van der Waals surface area contributed by atoms with Gasteiger partial charge in [-0.15, -0.1) is 0 Å². The molecule has 1 aliphatic heterocycles. The van der Waals surface area contributed by atoms with Crippen molar-refractivity contribution in [3.8, 4) is 5.88 Å². The number of amides is 2. The number of halogens is 2. The number of pyridine rings is 1. The predicted octanol–water partition coefficient (Wildman–Crippen LogP) is 2.87. The molecule has 162 valence electrons. The summed E-state index contributed by atoms with van der Waals surface area (Å²) in [5, 5.41) is 0. The van der Waals surface area contributed by atoms with Crippen LogP contribution in [-0.4, -0.2) is 42.9 Å². The molecule has 1 aromatic heterocycles. The quantitative estimate of drug-likeness (QED) is 0.723. The standard InChI is InChI=1S/C13H15F2N3O2.C6H12.CH3NO/c14-13(15)6-18(7-13)10-4-3-9(11(16)19)17-12(10)20-5-8-1-2-8;1-2-4-6-5-3-1;2-1-3/h3-4,8H,1-2,5-7H2,(H2,16,19);1-6H2;1H,(H2,2,3). The second kappa shape index (κ2) is 10.9. The molecular weight excluding hydrogens is 382 g/mol. The number of primary amides is 2. The zero-order chi connectivity index (χ0) is 21.3. The minimum Gasteiger partial charge on any atom is -0.476 e. The molecule has 2 aliphatic carbocycles. The van der Waals surface area contributed by atoms with E-state index in [-0.39, 0.29) is 31.1 Å². The van der Waals surface area contributed by atoms with Gasteiger partial charge in [0.2, 0.25) is 12.3 Å². The van der Waals surface area contributed by atoms with E-state index in [1.54, 1.807) is 6.07 Å². The van der Waals surface area contributed by atoms with Gasteiger partial charge < -0.3 is 21.1 Å². The average Bonchev–Trinajstić information content (AvgIpc) is 3.51. The molecule has 4 N–H and O–H groups in total. The fourth-order valence-electron chi connectivity index (χ4n) is 3.14. The topological polar surface area (TPSA) is 112 Å². The van der Waals surface area contributed by atoms with Gasteiger partial charge in [0.15, 0.2) is 0 Å². The van der Waals surface area contributed by atoms with Crippen LogP contribution in [0.4, 0.5) is 14.5 Å². The summed E-state index contributed by atoms with van der Waals surface area (Å²) in [7, 11) is 0. The number of ether oxygens (including phenoxy) is 1. The van der Waals surface area contributed by atoms with Gasteiger partial charge in [0, 0.05) is 0 Å². The highest BCUT2D eigenvalue weighted by Gasteiger charge is 2.45. The first kappa shape index (κ1) is 22.8. The summed E-state index contributed by atoms with van der Waals surface area (Å²) in [5.41, 5.74) is 9.91. The lowest BCUT2D eigenvalue weighted by molar-refractivity contribution is -0.106. The SMILES string of the molecule is C1CCCCC1.NC(=O)c1ccc(N2CC(F)(F)C2)c(OCC2CC2)n1.NC=O. The van der Waals surface area contributed by atoms with Crippen LogP contribution in [0.15, 0.2) is 12.1 Å². The van der Waals surface area contributed by atoms with Crippen LogP contribution in [-0.2, 0) is 4.79 Å². The summed E-state index contributed by atoms with van der Waals surface area (Å²) in [6, 6.07) is 2.99. The molecule has 0 atom stereocenters. The largest absolute Gasteiger partial charge is 0.476 e. The van der Waals surface area contributed by atoms with E-state index in [2.05, 4.69) is 10.7 Å². The Morgan fingerprint density at radius 3 is 2.10 bits per heavy atom. The Hall–Kier alpha value is -2.45. The molecule has 0 spiro atoms. The van der Waals surface area contributed by atoms with Crippen LogP contribution in [0.5, 0.6) is 5.88 Å². The van der Waals surface area contributed by atoms with Gasteiger partial charge in [-0.3, -0.25) is 9.59 Å². The maximum atomic E-state index is 13.0. The first-order valence-electron chi connectivity index (χ1n) is 10.1. The lowest BCUT2D eigenvalue weighted by Crippen LogP contribution is -2.56. The zero-order valence-electron chi connectivity index (χ0n) is 16.6. The third-order valence-corrected chi connectivity index (χ3v) is 4.93. The van der Waals surface area contributed by atoms with Crippen LogP contribution in [0.1, 0.15) is 61.9 Å². The summed E-state index contributed by atoms with van der Waals surface area (Å²) >= 11 is 0. The van der Waals surface area contributed by atoms with Crippen molar-refractivity contribution < 1.29 is 23.1 Å². The molecule has 9 heteroatoms. The smallest absolute Gasteiger partial charge is 0.282 e. The number of hydrogen-bond donors (Lipinski definition) is 2. The number of hydrogen-bond acceptors (Lipinski definition) is 5. The molecule has 3 fully saturated rings. The van der Waals surface area contributed by atoms with Crippen molar-refractivity contribution >= 4 is 18.0 Å². The normalized spacial score (nSPS) is 19.4. The molecule has 0 radical (unpaired) electrons. The number of nitrogens with two attached hydrogens (primary N) is 2. The lowest BCUT2D eigenvalue weighted by atomic mass is 10.0. The maximum Gasteiger partial charge on any atom is 0.282 e. The predicted molar refractivity (Wildman–Crippen MR) is 106 cm³/mol. The number of anilines is 1. The molecule has 2 amide bonds. The zero-order valence-corrected chi connectivity index (χ0v) is 16.6. The van der Waals surface area contributed by atoms with E-state index in [9.17, 15) is 13.6 Å². The fourth-order valence-corrected chi connectivity index (χ4v) is 3.14. The number of carbonyl (C=O) groups is 2. The van der Waals surface area contributed by atoms with Gasteiger partial charge in [-0.2, -0.15) is 0 Å². The fraction of sp³-hybridized carbons (Fsp3) is 0.650. The molecule has 1 saturated heterocycles. The minimum atomic E-state index is -2.67. The van der Waals surface area contributed by atoms with Crippen LogP contribution in [0, 0.1) is 5.92 Å². The van der Waals surface area contributed by atoms with Gasteiger partial charge in [0.25, 0.3) is 11.8 Å². The monoisotopic (exact) mass is 412 g/mol. The molecule has 2 heterocycles. The van der Waals surface area contributed by atoms with Gasteiger partial charge >= 0.3 is 0 Å². The van der Waals surface area contributed by atoms with Crippen molar-refractivity contribution in [1.82, 2.24) is 4.98 Å². The summed E-state index contributed by atoms with van der Waals surface area (Å²) in [6.07, 6.45) is 11.5. The first-order chi connectivity index (χ1) is 13.9. The van der Waals surface area contributed by atoms with E-state index in [1.165, 1.54) is 49.5 Å². The van der Waals surface area contributed by atoms with Crippen molar-refractivity contribution in [3.05, 3.63) is 17.8 Å². The second-order valence-corrected chi connectivity index (χ2v) is 7.61. The Labute approximate surface area is 169 Å². The molecule has 0 aromatic carbocycles.